The minimum absolute atomic E-state index is 0.0113. The van der Waals surface area contributed by atoms with Crippen LogP contribution in [-0.2, 0) is 9.59 Å². The molecule has 5 heteroatoms. The van der Waals surface area contributed by atoms with Crippen LogP contribution in [0, 0.1) is 11.8 Å². The summed E-state index contributed by atoms with van der Waals surface area (Å²) < 4.78 is 5.19. The van der Waals surface area contributed by atoms with Gasteiger partial charge in [0.05, 0.1) is 13.2 Å². The van der Waals surface area contributed by atoms with E-state index in [0.29, 0.717) is 5.75 Å². The highest BCUT2D eigenvalue weighted by atomic mass is 16.5. The maximum atomic E-state index is 12.6. The van der Waals surface area contributed by atoms with Gasteiger partial charge in [-0.25, -0.2) is 0 Å². The van der Waals surface area contributed by atoms with E-state index in [1.807, 2.05) is 61.5 Å². The Morgan fingerprint density at radius 2 is 1.57 bits per heavy atom. The quantitative estimate of drug-likeness (QED) is 0.784. The van der Waals surface area contributed by atoms with Crippen molar-refractivity contribution in [3.8, 4) is 5.75 Å². The van der Waals surface area contributed by atoms with Crippen molar-refractivity contribution in [2.75, 3.05) is 12.4 Å². The summed E-state index contributed by atoms with van der Waals surface area (Å²) in [6.07, 6.45) is 2.94. The molecule has 0 aliphatic heterocycles. The lowest BCUT2D eigenvalue weighted by molar-refractivity contribution is -0.129. The third kappa shape index (κ3) is 5.12. The summed E-state index contributed by atoms with van der Waals surface area (Å²) in [5.41, 5.74) is 1.84. The Balaban J connectivity index is 1.48. The molecule has 2 aromatic carbocycles. The lowest BCUT2D eigenvalue weighted by Gasteiger charge is -2.28. The molecule has 1 atom stereocenters. The Kier molecular flexibility index (Phi) is 6.69. The average Bonchev–Trinajstić information content (AvgIpc) is 2.74. The average molecular weight is 380 g/mol. The molecule has 5 nitrogen and oxygen atoms in total. The van der Waals surface area contributed by atoms with Gasteiger partial charge in [0, 0.05) is 23.6 Å². The largest absolute Gasteiger partial charge is 0.497 e. The van der Waals surface area contributed by atoms with Gasteiger partial charge < -0.3 is 15.4 Å². The van der Waals surface area contributed by atoms with Crippen LogP contribution in [0.3, 0.4) is 0 Å². The van der Waals surface area contributed by atoms with Gasteiger partial charge in [-0.15, -0.1) is 0 Å². The van der Waals surface area contributed by atoms with Crippen LogP contribution in [0.4, 0.5) is 5.69 Å². The van der Waals surface area contributed by atoms with Crippen LogP contribution in [0.1, 0.15) is 44.2 Å². The van der Waals surface area contributed by atoms with Gasteiger partial charge in [0.2, 0.25) is 11.8 Å². The van der Waals surface area contributed by atoms with E-state index >= 15 is 0 Å². The van der Waals surface area contributed by atoms with Crippen molar-refractivity contribution < 1.29 is 14.3 Å². The Hall–Kier alpha value is -2.82. The molecule has 28 heavy (non-hydrogen) atoms. The number of amides is 2. The van der Waals surface area contributed by atoms with Gasteiger partial charge in [0.15, 0.2) is 0 Å². The lowest BCUT2D eigenvalue weighted by Crippen LogP contribution is -2.36. The highest BCUT2D eigenvalue weighted by Crippen LogP contribution is 2.30. The summed E-state index contributed by atoms with van der Waals surface area (Å²) in [6, 6.07) is 17.3. The summed E-state index contributed by atoms with van der Waals surface area (Å²) in [5.74, 6) is 0.743. The second-order valence-corrected chi connectivity index (χ2v) is 7.41. The Morgan fingerprint density at radius 3 is 2.21 bits per heavy atom. The maximum Gasteiger partial charge on any atom is 0.227 e. The number of anilines is 1. The number of rotatable bonds is 6. The van der Waals surface area contributed by atoms with E-state index < -0.39 is 0 Å². The highest BCUT2D eigenvalue weighted by Gasteiger charge is 2.30. The molecular formula is C23H28N2O3. The van der Waals surface area contributed by atoms with Gasteiger partial charge in [0.1, 0.15) is 5.75 Å². The first-order valence-electron chi connectivity index (χ1n) is 9.87. The predicted molar refractivity (Wildman–Crippen MR) is 110 cm³/mol. The van der Waals surface area contributed by atoms with E-state index in [2.05, 4.69) is 10.6 Å². The Labute approximate surface area is 166 Å². The van der Waals surface area contributed by atoms with Gasteiger partial charge >= 0.3 is 0 Å². The van der Waals surface area contributed by atoms with Gasteiger partial charge in [-0.3, -0.25) is 9.59 Å². The molecule has 0 heterocycles. The van der Waals surface area contributed by atoms with E-state index in [4.69, 9.17) is 4.74 Å². The van der Waals surface area contributed by atoms with Crippen molar-refractivity contribution in [2.45, 2.75) is 38.6 Å². The molecule has 1 saturated carbocycles. The second kappa shape index (κ2) is 9.40. The van der Waals surface area contributed by atoms with E-state index in [1.165, 1.54) is 0 Å². The molecule has 1 aliphatic rings. The Bertz CT molecular complexity index is 799. The number of hydrogen-bond donors (Lipinski definition) is 2. The third-order valence-electron chi connectivity index (χ3n) is 5.46. The number of carbonyl (C=O) groups excluding carboxylic acids is 2. The number of carbonyl (C=O) groups is 2. The number of methoxy groups -OCH3 is 1. The van der Waals surface area contributed by atoms with Crippen LogP contribution in [0.5, 0.6) is 5.75 Å². The van der Waals surface area contributed by atoms with Crippen LogP contribution in [0.25, 0.3) is 0 Å². The molecule has 0 aromatic heterocycles. The molecule has 2 N–H and O–H groups in total. The lowest BCUT2D eigenvalue weighted by atomic mass is 9.81. The monoisotopic (exact) mass is 380 g/mol. The molecule has 2 amide bonds. The Morgan fingerprint density at radius 1 is 0.929 bits per heavy atom. The van der Waals surface area contributed by atoms with Gasteiger partial charge in [0.25, 0.3) is 0 Å². The van der Waals surface area contributed by atoms with E-state index in [-0.39, 0.29) is 29.7 Å². The zero-order chi connectivity index (χ0) is 19.9. The molecule has 0 spiro atoms. The fourth-order valence-electron chi connectivity index (χ4n) is 3.72. The molecule has 0 saturated heterocycles. The fourth-order valence-corrected chi connectivity index (χ4v) is 3.72. The molecule has 0 radical (unpaired) electrons. The highest BCUT2D eigenvalue weighted by molar-refractivity contribution is 5.93. The van der Waals surface area contributed by atoms with Crippen molar-refractivity contribution in [2.24, 2.45) is 11.8 Å². The van der Waals surface area contributed by atoms with Crippen LogP contribution in [-0.4, -0.2) is 18.9 Å². The smallest absolute Gasteiger partial charge is 0.227 e. The predicted octanol–water partition coefficient (Wildman–Crippen LogP) is 4.32. The minimum Gasteiger partial charge on any atom is -0.497 e. The van der Waals surface area contributed by atoms with Crippen LogP contribution in [0.2, 0.25) is 0 Å². The number of nitrogens with one attached hydrogen (secondary N) is 2. The van der Waals surface area contributed by atoms with Gasteiger partial charge in [-0.2, -0.15) is 0 Å². The molecule has 1 aliphatic carbocycles. The van der Waals surface area contributed by atoms with E-state index in [1.54, 1.807) is 7.11 Å². The molecule has 1 unspecified atom stereocenters. The molecule has 0 bridgehead atoms. The molecule has 3 rings (SSSR count). The number of hydrogen-bond acceptors (Lipinski definition) is 3. The molecular weight excluding hydrogens is 352 g/mol. The van der Waals surface area contributed by atoms with Crippen molar-refractivity contribution in [3.05, 3.63) is 60.2 Å². The first kappa shape index (κ1) is 19.9. The zero-order valence-electron chi connectivity index (χ0n) is 16.5. The topological polar surface area (TPSA) is 67.4 Å². The van der Waals surface area contributed by atoms with Crippen LogP contribution >= 0.6 is 0 Å². The SMILES string of the molecule is COc1cccc(NC(=O)C2CCC(C(=O)NC(C)c3ccccc3)CC2)c1. The van der Waals surface area contributed by atoms with Crippen LogP contribution < -0.4 is 15.4 Å². The number of benzene rings is 2. The number of ether oxygens (including phenoxy) is 1. The fraction of sp³-hybridized carbons (Fsp3) is 0.391. The summed E-state index contributed by atoms with van der Waals surface area (Å²) in [6.45, 7) is 2.00. The summed E-state index contributed by atoms with van der Waals surface area (Å²) >= 11 is 0. The second-order valence-electron chi connectivity index (χ2n) is 7.41. The molecule has 148 valence electrons. The first-order valence-corrected chi connectivity index (χ1v) is 9.87. The van der Waals surface area contributed by atoms with Crippen molar-refractivity contribution in [1.82, 2.24) is 5.32 Å². The minimum atomic E-state index is -0.0539. The summed E-state index contributed by atoms with van der Waals surface area (Å²) in [5, 5.41) is 6.07. The van der Waals surface area contributed by atoms with Gasteiger partial charge in [-0.1, -0.05) is 36.4 Å². The summed E-state index contributed by atoms with van der Waals surface area (Å²) in [7, 11) is 1.60. The van der Waals surface area contributed by atoms with E-state index in [9.17, 15) is 9.59 Å². The van der Waals surface area contributed by atoms with Crippen molar-refractivity contribution in [1.29, 1.82) is 0 Å². The maximum absolute atomic E-state index is 12.6. The zero-order valence-corrected chi connectivity index (χ0v) is 16.5. The van der Waals surface area contributed by atoms with E-state index in [0.717, 1.165) is 36.9 Å². The molecule has 2 aromatic rings. The standard InChI is InChI=1S/C23H28N2O3/c1-16(17-7-4-3-5-8-17)24-22(26)18-11-13-19(14-12-18)23(27)25-20-9-6-10-21(15-20)28-2/h3-10,15-16,18-19H,11-14H2,1-2H3,(H,24,26)(H,25,27). The first-order chi connectivity index (χ1) is 13.6. The van der Waals surface area contributed by atoms with Crippen molar-refractivity contribution in [3.63, 3.8) is 0 Å². The van der Waals surface area contributed by atoms with Gasteiger partial charge in [-0.05, 0) is 50.3 Å². The summed E-state index contributed by atoms with van der Waals surface area (Å²) in [4.78, 5) is 25.1. The molecule has 1 fully saturated rings. The normalized spacial score (nSPS) is 20.1. The third-order valence-corrected chi connectivity index (χ3v) is 5.46. The van der Waals surface area contributed by atoms with Crippen molar-refractivity contribution >= 4 is 17.5 Å². The van der Waals surface area contributed by atoms with Crippen LogP contribution in [0.15, 0.2) is 54.6 Å².